The molecule has 0 aliphatic carbocycles. The maximum absolute atomic E-state index is 11.5. The van der Waals surface area contributed by atoms with Crippen molar-refractivity contribution in [3.63, 3.8) is 0 Å². The van der Waals surface area contributed by atoms with Gasteiger partial charge in [0, 0.05) is 6.54 Å². The first kappa shape index (κ1) is 15.2. The Bertz CT molecular complexity index is 458. The zero-order valence-electron chi connectivity index (χ0n) is 11.6. The number of carbonyl (C=O) groups excluding carboxylic acids is 1. The average Bonchev–Trinajstić information content (AvgIpc) is 2.44. The standard InChI is InChI=1S/C16H21NO2/c1-3-13-8-10-14(11-9-13)6-5-7-15(12-17)16(18)19-4-2/h5-11H,3-4,12,17H2,1-2H3. The molecule has 0 aliphatic rings. The molecule has 0 atom stereocenters. The molecule has 0 unspecified atom stereocenters. The number of carbonyl (C=O) groups is 1. The maximum Gasteiger partial charge on any atom is 0.335 e. The molecule has 0 amide bonds. The third kappa shape index (κ3) is 5.10. The first-order chi connectivity index (χ1) is 9.21. The van der Waals surface area contributed by atoms with E-state index in [0.29, 0.717) is 12.2 Å². The second-order valence-corrected chi connectivity index (χ2v) is 4.07. The summed E-state index contributed by atoms with van der Waals surface area (Å²) in [4.78, 5) is 11.5. The Morgan fingerprint density at radius 1 is 1.26 bits per heavy atom. The minimum Gasteiger partial charge on any atom is -0.463 e. The van der Waals surface area contributed by atoms with Crippen molar-refractivity contribution in [3.05, 3.63) is 53.1 Å². The summed E-state index contributed by atoms with van der Waals surface area (Å²) in [5.41, 5.74) is 8.39. The molecule has 0 radical (unpaired) electrons. The highest BCUT2D eigenvalue weighted by Gasteiger charge is 2.06. The Hall–Kier alpha value is -1.87. The number of hydrogen-bond donors (Lipinski definition) is 1. The number of aryl methyl sites for hydroxylation is 1. The van der Waals surface area contributed by atoms with E-state index in [0.717, 1.165) is 12.0 Å². The van der Waals surface area contributed by atoms with Gasteiger partial charge in [0.15, 0.2) is 0 Å². The van der Waals surface area contributed by atoms with Crippen molar-refractivity contribution in [2.45, 2.75) is 20.3 Å². The van der Waals surface area contributed by atoms with Crippen LogP contribution in [0.3, 0.4) is 0 Å². The minimum atomic E-state index is -0.351. The van der Waals surface area contributed by atoms with Gasteiger partial charge in [-0.25, -0.2) is 4.79 Å². The van der Waals surface area contributed by atoms with Crippen LogP contribution < -0.4 is 5.73 Å². The van der Waals surface area contributed by atoms with Crippen molar-refractivity contribution in [2.75, 3.05) is 13.2 Å². The normalized spacial score (nSPS) is 11.8. The van der Waals surface area contributed by atoms with E-state index in [1.54, 1.807) is 13.0 Å². The van der Waals surface area contributed by atoms with Crippen molar-refractivity contribution in [2.24, 2.45) is 5.73 Å². The highest BCUT2D eigenvalue weighted by atomic mass is 16.5. The van der Waals surface area contributed by atoms with Crippen LogP contribution in [0, 0.1) is 0 Å². The molecule has 102 valence electrons. The van der Waals surface area contributed by atoms with E-state index in [-0.39, 0.29) is 12.5 Å². The molecule has 2 N–H and O–H groups in total. The summed E-state index contributed by atoms with van der Waals surface area (Å²) in [6.07, 6.45) is 6.49. The van der Waals surface area contributed by atoms with Gasteiger partial charge in [0.2, 0.25) is 0 Å². The maximum atomic E-state index is 11.5. The largest absolute Gasteiger partial charge is 0.463 e. The Balaban J connectivity index is 2.70. The fourth-order valence-corrected chi connectivity index (χ4v) is 1.58. The molecule has 1 rings (SSSR count). The molecule has 0 saturated carbocycles. The molecule has 1 aromatic rings. The van der Waals surface area contributed by atoms with Crippen LogP contribution in [0.2, 0.25) is 0 Å². The van der Waals surface area contributed by atoms with E-state index >= 15 is 0 Å². The summed E-state index contributed by atoms with van der Waals surface area (Å²) in [5.74, 6) is -0.351. The summed E-state index contributed by atoms with van der Waals surface area (Å²) in [7, 11) is 0. The molecular weight excluding hydrogens is 238 g/mol. The summed E-state index contributed by atoms with van der Waals surface area (Å²) >= 11 is 0. The molecule has 0 saturated heterocycles. The number of benzene rings is 1. The summed E-state index contributed by atoms with van der Waals surface area (Å²) in [6.45, 7) is 4.44. The Morgan fingerprint density at radius 2 is 1.95 bits per heavy atom. The Kier molecular flexibility index (Phi) is 6.61. The fourth-order valence-electron chi connectivity index (χ4n) is 1.58. The lowest BCUT2D eigenvalue weighted by atomic mass is 10.1. The third-order valence-corrected chi connectivity index (χ3v) is 2.73. The van der Waals surface area contributed by atoms with Crippen LogP contribution in [0.1, 0.15) is 25.0 Å². The summed E-state index contributed by atoms with van der Waals surface area (Å²) in [5, 5.41) is 0. The average molecular weight is 259 g/mol. The van der Waals surface area contributed by atoms with Gasteiger partial charge in [-0.15, -0.1) is 0 Å². The van der Waals surface area contributed by atoms with Gasteiger partial charge < -0.3 is 10.5 Å². The van der Waals surface area contributed by atoms with Crippen molar-refractivity contribution in [3.8, 4) is 0 Å². The summed E-state index contributed by atoms with van der Waals surface area (Å²) in [6, 6.07) is 8.29. The van der Waals surface area contributed by atoms with Crippen molar-refractivity contribution in [1.29, 1.82) is 0 Å². The van der Waals surface area contributed by atoms with Gasteiger partial charge in [0.05, 0.1) is 12.2 Å². The molecule has 0 fully saturated rings. The number of hydrogen-bond acceptors (Lipinski definition) is 3. The second kappa shape index (κ2) is 8.27. The quantitative estimate of drug-likeness (QED) is 0.485. The fraction of sp³-hybridized carbons (Fsp3) is 0.312. The topological polar surface area (TPSA) is 52.3 Å². The molecule has 0 heterocycles. The minimum absolute atomic E-state index is 0.179. The smallest absolute Gasteiger partial charge is 0.335 e. The van der Waals surface area contributed by atoms with Gasteiger partial charge in [-0.1, -0.05) is 49.4 Å². The van der Waals surface area contributed by atoms with Crippen molar-refractivity contribution in [1.82, 2.24) is 0 Å². The van der Waals surface area contributed by atoms with E-state index in [1.165, 1.54) is 5.56 Å². The van der Waals surface area contributed by atoms with Gasteiger partial charge in [-0.2, -0.15) is 0 Å². The van der Waals surface area contributed by atoms with Crippen LogP contribution in [-0.2, 0) is 16.0 Å². The Morgan fingerprint density at radius 3 is 2.47 bits per heavy atom. The van der Waals surface area contributed by atoms with Crippen LogP contribution in [0.15, 0.2) is 42.0 Å². The molecular formula is C16H21NO2. The monoisotopic (exact) mass is 259 g/mol. The second-order valence-electron chi connectivity index (χ2n) is 4.07. The van der Waals surface area contributed by atoms with E-state index in [4.69, 9.17) is 10.5 Å². The zero-order chi connectivity index (χ0) is 14.1. The van der Waals surface area contributed by atoms with Gasteiger partial charge in [-0.3, -0.25) is 0 Å². The van der Waals surface area contributed by atoms with Gasteiger partial charge >= 0.3 is 5.97 Å². The SMILES string of the molecule is CCOC(=O)C(=CC=Cc1ccc(CC)cc1)CN. The van der Waals surface area contributed by atoms with Crippen molar-refractivity contribution < 1.29 is 9.53 Å². The van der Waals surface area contributed by atoms with E-state index in [2.05, 4.69) is 31.2 Å². The Labute approximate surface area is 114 Å². The molecule has 0 aliphatic heterocycles. The molecule has 0 bridgehead atoms. The zero-order valence-corrected chi connectivity index (χ0v) is 11.6. The lowest BCUT2D eigenvalue weighted by Crippen LogP contribution is -2.15. The van der Waals surface area contributed by atoms with Crippen LogP contribution in [0.5, 0.6) is 0 Å². The van der Waals surface area contributed by atoms with Crippen LogP contribution in [0.4, 0.5) is 0 Å². The summed E-state index contributed by atoms with van der Waals surface area (Å²) < 4.78 is 4.91. The molecule has 0 aromatic heterocycles. The van der Waals surface area contributed by atoms with Gasteiger partial charge in [0.1, 0.15) is 0 Å². The van der Waals surface area contributed by atoms with Crippen LogP contribution in [0.25, 0.3) is 6.08 Å². The lowest BCUT2D eigenvalue weighted by molar-refractivity contribution is -0.138. The predicted molar refractivity (Wildman–Crippen MR) is 78.6 cm³/mol. The number of rotatable bonds is 6. The van der Waals surface area contributed by atoms with E-state index < -0.39 is 0 Å². The van der Waals surface area contributed by atoms with Gasteiger partial charge in [0.25, 0.3) is 0 Å². The number of nitrogens with two attached hydrogens (primary N) is 1. The van der Waals surface area contributed by atoms with Gasteiger partial charge in [-0.05, 0) is 24.5 Å². The van der Waals surface area contributed by atoms with Crippen molar-refractivity contribution >= 4 is 12.0 Å². The lowest BCUT2D eigenvalue weighted by Gasteiger charge is -2.02. The van der Waals surface area contributed by atoms with E-state index in [9.17, 15) is 4.79 Å². The molecule has 1 aromatic carbocycles. The molecule has 0 spiro atoms. The first-order valence-electron chi connectivity index (χ1n) is 6.54. The van der Waals surface area contributed by atoms with Crippen LogP contribution >= 0.6 is 0 Å². The third-order valence-electron chi connectivity index (χ3n) is 2.73. The molecule has 19 heavy (non-hydrogen) atoms. The van der Waals surface area contributed by atoms with Crippen LogP contribution in [-0.4, -0.2) is 19.1 Å². The van der Waals surface area contributed by atoms with E-state index in [1.807, 2.05) is 12.2 Å². The molecule has 3 nitrogen and oxygen atoms in total. The predicted octanol–water partition coefficient (Wildman–Crippen LogP) is 2.71. The number of ether oxygens (including phenoxy) is 1. The highest BCUT2D eigenvalue weighted by Crippen LogP contribution is 2.07. The molecule has 3 heteroatoms. The first-order valence-corrected chi connectivity index (χ1v) is 6.54. The number of allylic oxidation sites excluding steroid dienone is 2. The number of esters is 1. The highest BCUT2D eigenvalue weighted by molar-refractivity contribution is 5.89.